The zero-order valence-electron chi connectivity index (χ0n) is 19.5. The fourth-order valence-electron chi connectivity index (χ4n) is 4.96. The van der Waals surface area contributed by atoms with Crippen LogP contribution in [0, 0.1) is 6.92 Å². The highest BCUT2D eigenvalue weighted by molar-refractivity contribution is 5.46. The van der Waals surface area contributed by atoms with Gasteiger partial charge in [0, 0.05) is 12.6 Å². The molecule has 6 heteroatoms. The van der Waals surface area contributed by atoms with Crippen molar-refractivity contribution in [1.82, 2.24) is 15.0 Å². The van der Waals surface area contributed by atoms with Crippen LogP contribution in [0.1, 0.15) is 73.2 Å². The van der Waals surface area contributed by atoms with Gasteiger partial charge in [-0.25, -0.2) is 0 Å². The topological polar surface area (TPSA) is 74.8 Å². The Morgan fingerprint density at radius 1 is 0.758 bits per heavy atom. The molecular weight excluding hydrogens is 408 g/mol. The van der Waals surface area contributed by atoms with E-state index >= 15 is 0 Å². The smallest absolute Gasteiger partial charge is 0.229 e. The molecule has 172 valence electrons. The minimum atomic E-state index is 0.227. The van der Waals surface area contributed by atoms with Gasteiger partial charge in [-0.1, -0.05) is 73.4 Å². The van der Waals surface area contributed by atoms with Crippen molar-refractivity contribution in [3.63, 3.8) is 0 Å². The molecule has 1 saturated carbocycles. The molecule has 0 aliphatic heterocycles. The number of nitrogens with zero attached hydrogens (tertiary/aromatic N) is 3. The van der Waals surface area contributed by atoms with Crippen molar-refractivity contribution < 1.29 is 0 Å². The van der Waals surface area contributed by atoms with Gasteiger partial charge in [-0.05, 0) is 55.7 Å². The Labute approximate surface area is 196 Å². The van der Waals surface area contributed by atoms with Crippen LogP contribution < -0.4 is 16.0 Å². The number of hydrogen-bond acceptors (Lipinski definition) is 6. The van der Waals surface area contributed by atoms with Crippen molar-refractivity contribution in [2.75, 3.05) is 16.0 Å². The second-order valence-corrected chi connectivity index (χ2v) is 9.41. The van der Waals surface area contributed by atoms with Crippen molar-refractivity contribution >= 4 is 17.8 Å². The molecule has 2 aliphatic carbocycles. The molecular formula is C27H34N6. The first-order chi connectivity index (χ1) is 16.2. The van der Waals surface area contributed by atoms with Crippen LogP contribution in [0.15, 0.2) is 48.5 Å². The van der Waals surface area contributed by atoms with Crippen LogP contribution in [0.2, 0.25) is 0 Å². The lowest BCUT2D eigenvalue weighted by Crippen LogP contribution is -2.25. The zero-order chi connectivity index (χ0) is 22.5. The normalized spacial score (nSPS) is 18.4. The summed E-state index contributed by atoms with van der Waals surface area (Å²) in [6.07, 6.45) is 9.62. The Hall–Kier alpha value is -3.15. The molecule has 1 unspecified atom stereocenters. The van der Waals surface area contributed by atoms with E-state index in [-0.39, 0.29) is 6.04 Å². The van der Waals surface area contributed by atoms with Gasteiger partial charge in [-0.3, -0.25) is 0 Å². The maximum Gasteiger partial charge on any atom is 0.229 e. The minimum Gasteiger partial charge on any atom is -0.351 e. The van der Waals surface area contributed by atoms with Crippen molar-refractivity contribution in [3.8, 4) is 0 Å². The van der Waals surface area contributed by atoms with E-state index in [0.717, 1.165) is 12.8 Å². The number of nitrogens with one attached hydrogen (secondary N) is 3. The summed E-state index contributed by atoms with van der Waals surface area (Å²) in [6, 6.07) is 17.9. The minimum absolute atomic E-state index is 0.227. The summed E-state index contributed by atoms with van der Waals surface area (Å²) in [4.78, 5) is 14.2. The zero-order valence-corrected chi connectivity index (χ0v) is 19.5. The summed E-state index contributed by atoms with van der Waals surface area (Å²) in [5, 5.41) is 10.6. The van der Waals surface area contributed by atoms with Gasteiger partial charge in [0.05, 0.1) is 6.04 Å². The number of aryl methyl sites for hydroxylation is 2. The van der Waals surface area contributed by atoms with Crippen molar-refractivity contribution in [1.29, 1.82) is 0 Å². The Morgan fingerprint density at radius 3 is 2.30 bits per heavy atom. The van der Waals surface area contributed by atoms with E-state index in [1.165, 1.54) is 60.8 Å². The Balaban J connectivity index is 1.36. The fourth-order valence-corrected chi connectivity index (χ4v) is 4.96. The quantitative estimate of drug-likeness (QED) is 0.415. The number of aromatic nitrogens is 3. The van der Waals surface area contributed by atoms with Crippen LogP contribution in [0.4, 0.5) is 17.8 Å². The van der Waals surface area contributed by atoms with Crippen LogP contribution >= 0.6 is 0 Å². The third-order valence-corrected chi connectivity index (χ3v) is 6.82. The summed E-state index contributed by atoms with van der Waals surface area (Å²) in [5.41, 5.74) is 5.25. The van der Waals surface area contributed by atoms with Crippen molar-refractivity contribution in [3.05, 3.63) is 70.8 Å². The van der Waals surface area contributed by atoms with Gasteiger partial charge in [0.1, 0.15) is 0 Å². The molecule has 1 fully saturated rings. The Bertz CT molecular complexity index is 1060. The Morgan fingerprint density at radius 2 is 1.48 bits per heavy atom. The monoisotopic (exact) mass is 442 g/mol. The Kier molecular flexibility index (Phi) is 6.70. The summed E-state index contributed by atoms with van der Waals surface area (Å²) in [6.45, 7) is 2.78. The van der Waals surface area contributed by atoms with E-state index in [1.54, 1.807) is 0 Å². The van der Waals surface area contributed by atoms with Crippen molar-refractivity contribution in [2.24, 2.45) is 0 Å². The lowest BCUT2D eigenvalue weighted by Gasteiger charge is -2.27. The molecule has 0 radical (unpaired) electrons. The molecule has 2 aromatic carbocycles. The maximum atomic E-state index is 4.78. The SMILES string of the molecule is Cc1ccc(CNc2nc(NC3CCCCC3)nc(NC3CCCc4ccccc43)n2)cc1. The highest BCUT2D eigenvalue weighted by Gasteiger charge is 2.22. The first kappa shape index (κ1) is 21.7. The molecule has 6 nitrogen and oxygen atoms in total. The summed E-state index contributed by atoms with van der Waals surface area (Å²) in [7, 11) is 0. The molecule has 1 atom stereocenters. The average molecular weight is 443 g/mol. The first-order valence-electron chi connectivity index (χ1n) is 12.4. The van der Waals surface area contributed by atoms with E-state index in [9.17, 15) is 0 Å². The maximum absolute atomic E-state index is 4.78. The molecule has 3 aromatic rings. The molecule has 0 saturated heterocycles. The fraction of sp³-hybridized carbons (Fsp3) is 0.444. The average Bonchev–Trinajstić information content (AvgIpc) is 2.84. The second kappa shape index (κ2) is 10.2. The first-order valence-corrected chi connectivity index (χ1v) is 12.4. The lowest BCUT2D eigenvalue weighted by molar-refractivity contribution is 0.460. The van der Waals surface area contributed by atoms with E-state index in [1.807, 2.05) is 0 Å². The van der Waals surface area contributed by atoms with Gasteiger partial charge in [-0.2, -0.15) is 15.0 Å². The number of benzene rings is 2. The lowest BCUT2D eigenvalue weighted by atomic mass is 9.88. The summed E-state index contributed by atoms with van der Waals surface area (Å²) in [5.74, 6) is 1.90. The predicted octanol–water partition coefficient (Wildman–Crippen LogP) is 6.03. The molecule has 33 heavy (non-hydrogen) atoms. The second-order valence-electron chi connectivity index (χ2n) is 9.41. The van der Waals surface area contributed by atoms with Crippen LogP contribution in [0.25, 0.3) is 0 Å². The van der Waals surface area contributed by atoms with Crippen LogP contribution in [-0.2, 0) is 13.0 Å². The number of rotatable bonds is 7. The van der Waals surface area contributed by atoms with Gasteiger partial charge >= 0.3 is 0 Å². The van der Waals surface area contributed by atoms with Gasteiger partial charge in [0.15, 0.2) is 0 Å². The van der Waals surface area contributed by atoms with Crippen LogP contribution in [0.5, 0.6) is 0 Å². The summed E-state index contributed by atoms with van der Waals surface area (Å²) >= 11 is 0. The molecule has 5 rings (SSSR count). The molecule has 0 spiro atoms. The van der Waals surface area contributed by atoms with Gasteiger partial charge in [0.2, 0.25) is 17.8 Å². The molecule has 0 bridgehead atoms. The largest absolute Gasteiger partial charge is 0.351 e. The molecule has 0 amide bonds. The van der Waals surface area contributed by atoms with Gasteiger partial charge in [-0.15, -0.1) is 0 Å². The molecule has 1 aromatic heterocycles. The van der Waals surface area contributed by atoms with Crippen molar-refractivity contribution in [2.45, 2.75) is 76.9 Å². The van der Waals surface area contributed by atoms with Crippen LogP contribution in [-0.4, -0.2) is 21.0 Å². The number of fused-ring (bicyclic) bond motifs is 1. The predicted molar refractivity (Wildman–Crippen MR) is 135 cm³/mol. The third kappa shape index (κ3) is 5.62. The highest BCUT2D eigenvalue weighted by atomic mass is 15.3. The third-order valence-electron chi connectivity index (χ3n) is 6.82. The van der Waals surface area contributed by atoms with E-state index in [2.05, 4.69) is 71.4 Å². The van der Waals surface area contributed by atoms with Gasteiger partial charge < -0.3 is 16.0 Å². The molecule has 1 heterocycles. The molecule has 2 aliphatic rings. The van der Waals surface area contributed by atoms with Gasteiger partial charge in [0.25, 0.3) is 0 Å². The van der Waals surface area contributed by atoms with E-state index in [4.69, 9.17) is 15.0 Å². The standard InChI is InChI=1S/C27H34N6/c1-19-14-16-20(17-15-19)18-28-25-31-26(29-22-10-3-2-4-11-22)33-27(32-25)30-24-13-7-9-21-8-5-6-12-23(21)24/h5-6,8,12,14-17,22,24H,2-4,7,9-11,13,18H2,1H3,(H3,28,29,30,31,32,33). The number of hydrogen-bond donors (Lipinski definition) is 3. The van der Waals surface area contributed by atoms with Crippen LogP contribution in [0.3, 0.4) is 0 Å². The summed E-state index contributed by atoms with van der Waals surface area (Å²) < 4.78 is 0. The highest BCUT2D eigenvalue weighted by Crippen LogP contribution is 2.32. The van der Waals surface area contributed by atoms with E-state index in [0.29, 0.717) is 30.4 Å². The number of anilines is 3. The molecule has 3 N–H and O–H groups in total. The van der Waals surface area contributed by atoms with E-state index < -0.39 is 0 Å².